The summed E-state index contributed by atoms with van der Waals surface area (Å²) in [6.45, 7) is 6.82. The van der Waals surface area contributed by atoms with Crippen molar-refractivity contribution in [3.8, 4) is 0 Å². The Balaban J connectivity index is 2.65. The first-order valence-electron chi connectivity index (χ1n) is 4.16. The molecule has 1 saturated heterocycles. The first-order chi connectivity index (χ1) is 5.08. The lowest BCUT2D eigenvalue weighted by molar-refractivity contribution is -0.118. The van der Waals surface area contributed by atoms with Gasteiger partial charge in [0.05, 0.1) is 6.10 Å². The molecule has 1 heterocycles. The van der Waals surface area contributed by atoms with Gasteiger partial charge >= 0.3 is 0 Å². The van der Waals surface area contributed by atoms with E-state index in [4.69, 9.17) is 4.74 Å². The first-order valence-corrected chi connectivity index (χ1v) is 4.16. The molecule has 0 aromatic heterocycles. The zero-order valence-electron chi connectivity index (χ0n) is 7.46. The maximum atomic E-state index is 10.7. The van der Waals surface area contributed by atoms with Crippen molar-refractivity contribution in [2.45, 2.75) is 33.3 Å². The van der Waals surface area contributed by atoms with Crippen molar-refractivity contribution in [3.05, 3.63) is 0 Å². The summed E-state index contributed by atoms with van der Waals surface area (Å²) in [5, 5.41) is 0. The molecule has 0 aromatic carbocycles. The average molecular weight is 156 g/mol. The second kappa shape index (κ2) is 2.94. The zero-order valence-corrected chi connectivity index (χ0v) is 7.46. The first kappa shape index (κ1) is 8.72. The lowest BCUT2D eigenvalue weighted by Gasteiger charge is -2.27. The molecule has 1 aliphatic rings. The average Bonchev–Trinajstić information content (AvgIpc) is 2.36. The molecule has 2 heteroatoms. The fourth-order valence-corrected chi connectivity index (χ4v) is 1.80. The van der Waals surface area contributed by atoms with E-state index < -0.39 is 0 Å². The predicted molar refractivity (Wildman–Crippen MR) is 43.4 cm³/mol. The number of rotatable bonds is 2. The molecule has 2 unspecified atom stereocenters. The molecular formula is C9H16O2. The summed E-state index contributed by atoms with van der Waals surface area (Å²) in [5.74, 6) is 0.403. The molecule has 0 amide bonds. The minimum absolute atomic E-state index is 0.212. The van der Waals surface area contributed by atoms with Crippen molar-refractivity contribution in [2.75, 3.05) is 6.61 Å². The number of aldehydes is 1. The number of hydrogen-bond donors (Lipinski definition) is 0. The molecule has 2 atom stereocenters. The van der Waals surface area contributed by atoms with E-state index in [-0.39, 0.29) is 11.5 Å². The Labute approximate surface area is 67.9 Å². The monoisotopic (exact) mass is 156 g/mol. The van der Waals surface area contributed by atoms with E-state index in [2.05, 4.69) is 0 Å². The van der Waals surface area contributed by atoms with E-state index in [0.29, 0.717) is 5.92 Å². The molecule has 0 spiro atoms. The summed E-state index contributed by atoms with van der Waals surface area (Å²) in [5.41, 5.74) is -0.212. The number of carbonyl (C=O) groups is 1. The Hall–Kier alpha value is -0.370. The van der Waals surface area contributed by atoms with Crippen LogP contribution in [0, 0.1) is 11.3 Å². The molecule has 1 aliphatic heterocycles. The van der Waals surface area contributed by atoms with Gasteiger partial charge in [0.1, 0.15) is 6.29 Å². The van der Waals surface area contributed by atoms with Crippen LogP contribution in [0.1, 0.15) is 27.2 Å². The van der Waals surface area contributed by atoms with Gasteiger partial charge in [-0.15, -0.1) is 0 Å². The van der Waals surface area contributed by atoms with Gasteiger partial charge in [0.15, 0.2) is 0 Å². The van der Waals surface area contributed by atoms with Crippen LogP contribution in [0.3, 0.4) is 0 Å². The number of ether oxygens (including phenoxy) is 1. The normalized spacial score (nSPS) is 32.3. The van der Waals surface area contributed by atoms with Crippen molar-refractivity contribution in [2.24, 2.45) is 11.3 Å². The third kappa shape index (κ3) is 1.62. The van der Waals surface area contributed by atoms with Crippen LogP contribution in [-0.4, -0.2) is 19.0 Å². The molecule has 0 radical (unpaired) electrons. The zero-order chi connectivity index (χ0) is 8.48. The lowest BCUT2D eigenvalue weighted by atomic mass is 9.77. The Bertz CT molecular complexity index is 152. The Morgan fingerprint density at radius 3 is 2.55 bits per heavy atom. The predicted octanol–water partition coefficient (Wildman–Crippen LogP) is 1.64. The van der Waals surface area contributed by atoms with Crippen LogP contribution < -0.4 is 0 Å². The van der Waals surface area contributed by atoms with Gasteiger partial charge in [-0.2, -0.15) is 0 Å². The molecule has 0 bridgehead atoms. The van der Waals surface area contributed by atoms with E-state index in [1.807, 2.05) is 20.8 Å². The van der Waals surface area contributed by atoms with Crippen molar-refractivity contribution in [3.63, 3.8) is 0 Å². The molecule has 1 rings (SSSR count). The third-order valence-electron chi connectivity index (χ3n) is 2.64. The van der Waals surface area contributed by atoms with Gasteiger partial charge in [-0.05, 0) is 19.3 Å². The van der Waals surface area contributed by atoms with Gasteiger partial charge in [0.2, 0.25) is 0 Å². The van der Waals surface area contributed by atoms with Crippen LogP contribution >= 0.6 is 0 Å². The van der Waals surface area contributed by atoms with Crippen LogP contribution in [0.2, 0.25) is 0 Å². The number of carbonyl (C=O) groups excluding carboxylic acids is 1. The van der Waals surface area contributed by atoms with Crippen LogP contribution in [0.5, 0.6) is 0 Å². The molecule has 1 fully saturated rings. The summed E-state index contributed by atoms with van der Waals surface area (Å²) in [7, 11) is 0. The van der Waals surface area contributed by atoms with Crippen LogP contribution in [0.4, 0.5) is 0 Å². The van der Waals surface area contributed by atoms with Gasteiger partial charge in [-0.25, -0.2) is 0 Å². The van der Waals surface area contributed by atoms with Crippen molar-refractivity contribution >= 4 is 6.29 Å². The maximum Gasteiger partial charge on any atom is 0.125 e. The SMILES string of the molecule is CC1OCCC1C(C)(C)C=O. The van der Waals surface area contributed by atoms with E-state index in [1.165, 1.54) is 0 Å². The van der Waals surface area contributed by atoms with Gasteiger partial charge < -0.3 is 9.53 Å². The van der Waals surface area contributed by atoms with Crippen molar-refractivity contribution in [1.82, 2.24) is 0 Å². The second-order valence-corrected chi connectivity index (χ2v) is 3.91. The molecule has 0 N–H and O–H groups in total. The fraction of sp³-hybridized carbons (Fsp3) is 0.889. The molecular weight excluding hydrogens is 140 g/mol. The smallest absolute Gasteiger partial charge is 0.125 e. The van der Waals surface area contributed by atoms with Crippen molar-refractivity contribution < 1.29 is 9.53 Å². The van der Waals surface area contributed by atoms with Crippen LogP contribution in [0.25, 0.3) is 0 Å². The molecule has 11 heavy (non-hydrogen) atoms. The largest absolute Gasteiger partial charge is 0.378 e. The highest BCUT2D eigenvalue weighted by Crippen LogP contribution is 2.35. The van der Waals surface area contributed by atoms with Gasteiger partial charge in [-0.1, -0.05) is 13.8 Å². The van der Waals surface area contributed by atoms with Gasteiger partial charge in [0, 0.05) is 12.0 Å². The molecule has 0 saturated carbocycles. The van der Waals surface area contributed by atoms with Gasteiger partial charge in [0.25, 0.3) is 0 Å². The highest BCUT2D eigenvalue weighted by atomic mass is 16.5. The van der Waals surface area contributed by atoms with E-state index >= 15 is 0 Å². The fourth-order valence-electron chi connectivity index (χ4n) is 1.80. The summed E-state index contributed by atoms with van der Waals surface area (Å²) < 4.78 is 5.39. The van der Waals surface area contributed by atoms with Crippen LogP contribution in [-0.2, 0) is 9.53 Å². The molecule has 64 valence electrons. The summed E-state index contributed by atoms with van der Waals surface area (Å²) in [4.78, 5) is 10.7. The highest BCUT2D eigenvalue weighted by Gasteiger charge is 2.37. The number of hydrogen-bond acceptors (Lipinski definition) is 2. The Morgan fingerprint density at radius 2 is 2.18 bits per heavy atom. The highest BCUT2D eigenvalue weighted by molar-refractivity contribution is 5.58. The standard InChI is InChI=1S/C9H16O2/c1-7-8(4-5-11-7)9(2,3)6-10/h6-8H,4-5H2,1-3H3. The molecule has 2 nitrogen and oxygen atoms in total. The minimum Gasteiger partial charge on any atom is -0.378 e. The van der Waals surface area contributed by atoms with E-state index in [0.717, 1.165) is 19.3 Å². The van der Waals surface area contributed by atoms with E-state index in [1.54, 1.807) is 0 Å². The Morgan fingerprint density at radius 1 is 1.55 bits per heavy atom. The van der Waals surface area contributed by atoms with Crippen LogP contribution in [0.15, 0.2) is 0 Å². The topological polar surface area (TPSA) is 26.3 Å². The summed E-state index contributed by atoms with van der Waals surface area (Å²) >= 11 is 0. The summed E-state index contributed by atoms with van der Waals surface area (Å²) in [6.07, 6.45) is 2.31. The second-order valence-electron chi connectivity index (χ2n) is 3.91. The van der Waals surface area contributed by atoms with Crippen molar-refractivity contribution in [1.29, 1.82) is 0 Å². The quantitative estimate of drug-likeness (QED) is 0.568. The van der Waals surface area contributed by atoms with Gasteiger partial charge in [-0.3, -0.25) is 0 Å². The molecule has 0 aromatic rings. The maximum absolute atomic E-state index is 10.7. The van der Waals surface area contributed by atoms with E-state index in [9.17, 15) is 4.79 Å². The molecule has 0 aliphatic carbocycles. The third-order valence-corrected chi connectivity index (χ3v) is 2.64. The Kier molecular flexibility index (Phi) is 2.33. The lowest BCUT2D eigenvalue weighted by Crippen LogP contribution is -2.30. The minimum atomic E-state index is -0.212. The summed E-state index contributed by atoms with van der Waals surface area (Å²) in [6, 6.07) is 0.